The highest BCUT2D eigenvalue weighted by Crippen LogP contribution is 2.30. The molecular formula is C12H9IS. The van der Waals surface area contributed by atoms with Crippen LogP contribution in [0.3, 0.4) is 0 Å². The van der Waals surface area contributed by atoms with Gasteiger partial charge >= 0.3 is 0 Å². The highest BCUT2D eigenvalue weighted by molar-refractivity contribution is 14.1. The fourth-order valence-electron chi connectivity index (χ4n) is 1.14. The van der Waals surface area contributed by atoms with Gasteiger partial charge in [-0.1, -0.05) is 42.1 Å². The van der Waals surface area contributed by atoms with Crippen LogP contribution in [0.15, 0.2) is 64.4 Å². The summed E-state index contributed by atoms with van der Waals surface area (Å²) in [7, 11) is 0. The second-order valence-electron chi connectivity index (χ2n) is 2.85. The summed E-state index contributed by atoms with van der Waals surface area (Å²) in [6.45, 7) is 0. The van der Waals surface area contributed by atoms with Crippen molar-refractivity contribution in [3.8, 4) is 0 Å². The molecule has 0 heterocycles. The fourth-order valence-corrected chi connectivity index (χ4v) is 2.72. The standard InChI is InChI=1S/C12H9IS/c13-11-8-4-5-9-12(11)14-10-6-2-1-3-7-10/h1-9H. The molecule has 14 heavy (non-hydrogen) atoms. The number of halogens is 1. The molecule has 0 amide bonds. The first kappa shape index (κ1) is 10.1. The van der Waals surface area contributed by atoms with Gasteiger partial charge < -0.3 is 0 Å². The van der Waals surface area contributed by atoms with Crippen molar-refractivity contribution in [1.82, 2.24) is 0 Å². The molecule has 0 atom stereocenters. The van der Waals surface area contributed by atoms with Gasteiger partial charge in [0.1, 0.15) is 0 Å². The van der Waals surface area contributed by atoms with Crippen LogP contribution in [0, 0.1) is 3.57 Å². The molecule has 70 valence electrons. The molecule has 2 heteroatoms. The fraction of sp³-hybridized carbons (Fsp3) is 0. The topological polar surface area (TPSA) is 0 Å². The molecule has 0 aromatic heterocycles. The SMILES string of the molecule is Ic1ccccc1Sc1ccccc1. The van der Waals surface area contributed by atoms with Crippen LogP contribution in [-0.2, 0) is 0 Å². The van der Waals surface area contributed by atoms with E-state index in [1.54, 1.807) is 11.8 Å². The van der Waals surface area contributed by atoms with Crippen molar-refractivity contribution in [3.63, 3.8) is 0 Å². The van der Waals surface area contributed by atoms with Gasteiger partial charge in [-0.15, -0.1) is 0 Å². The summed E-state index contributed by atoms with van der Waals surface area (Å²) in [6.07, 6.45) is 0. The molecule has 2 aromatic rings. The van der Waals surface area contributed by atoms with Gasteiger partial charge in [-0.3, -0.25) is 0 Å². The number of benzene rings is 2. The normalized spacial score (nSPS) is 10.1. The molecule has 0 bridgehead atoms. The van der Waals surface area contributed by atoms with E-state index in [4.69, 9.17) is 0 Å². The number of hydrogen-bond acceptors (Lipinski definition) is 1. The molecule has 0 nitrogen and oxygen atoms in total. The van der Waals surface area contributed by atoms with Crippen LogP contribution in [-0.4, -0.2) is 0 Å². The van der Waals surface area contributed by atoms with Gasteiger partial charge in [-0.2, -0.15) is 0 Å². The molecule has 0 unspecified atom stereocenters. The lowest BCUT2D eigenvalue weighted by Gasteiger charge is -2.02. The van der Waals surface area contributed by atoms with Gasteiger partial charge in [-0.05, 0) is 46.9 Å². The Morgan fingerprint density at radius 1 is 0.786 bits per heavy atom. The van der Waals surface area contributed by atoms with Crippen LogP contribution in [0.5, 0.6) is 0 Å². The molecule has 0 aliphatic rings. The average molecular weight is 312 g/mol. The van der Waals surface area contributed by atoms with Gasteiger partial charge in [0.15, 0.2) is 0 Å². The minimum atomic E-state index is 1.29. The lowest BCUT2D eigenvalue weighted by molar-refractivity contribution is 1.37. The summed E-state index contributed by atoms with van der Waals surface area (Å²) in [4.78, 5) is 2.61. The zero-order chi connectivity index (χ0) is 9.80. The van der Waals surface area contributed by atoms with Gasteiger partial charge in [0.2, 0.25) is 0 Å². The molecule has 2 rings (SSSR count). The third-order valence-electron chi connectivity index (χ3n) is 1.81. The predicted molar refractivity (Wildman–Crippen MR) is 69.7 cm³/mol. The lowest BCUT2D eigenvalue weighted by Crippen LogP contribution is -1.77. The van der Waals surface area contributed by atoms with Crippen LogP contribution in [0.25, 0.3) is 0 Å². The molecule has 2 aromatic carbocycles. The first-order valence-electron chi connectivity index (χ1n) is 4.34. The third kappa shape index (κ3) is 2.51. The third-order valence-corrected chi connectivity index (χ3v) is 4.20. The monoisotopic (exact) mass is 312 g/mol. The minimum absolute atomic E-state index is 1.29. The predicted octanol–water partition coefficient (Wildman–Crippen LogP) is 4.44. The highest BCUT2D eigenvalue weighted by Gasteiger charge is 1.99. The van der Waals surface area contributed by atoms with Crippen LogP contribution in [0.2, 0.25) is 0 Å². The molecule has 0 N–H and O–H groups in total. The molecule has 0 aliphatic carbocycles. The summed E-state index contributed by atoms with van der Waals surface area (Å²) in [5.74, 6) is 0. The number of rotatable bonds is 2. The van der Waals surface area contributed by atoms with Gasteiger partial charge in [0, 0.05) is 13.4 Å². The van der Waals surface area contributed by atoms with E-state index in [9.17, 15) is 0 Å². The maximum atomic E-state index is 2.37. The first-order chi connectivity index (χ1) is 6.86. The van der Waals surface area contributed by atoms with Crippen LogP contribution < -0.4 is 0 Å². The highest BCUT2D eigenvalue weighted by atomic mass is 127. The van der Waals surface area contributed by atoms with Gasteiger partial charge in [0.05, 0.1) is 0 Å². The molecule has 0 saturated carbocycles. The molecule has 0 aliphatic heterocycles. The van der Waals surface area contributed by atoms with Crippen molar-refractivity contribution in [2.75, 3.05) is 0 Å². The van der Waals surface area contributed by atoms with E-state index < -0.39 is 0 Å². The van der Waals surface area contributed by atoms with E-state index in [2.05, 4.69) is 71.1 Å². The summed E-state index contributed by atoms with van der Waals surface area (Å²) in [5, 5.41) is 0. The molecular weight excluding hydrogens is 303 g/mol. The van der Waals surface area contributed by atoms with Crippen molar-refractivity contribution < 1.29 is 0 Å². The zero-order valence-electron chi connectivity index (χ0n) is 7.48. The van der Waals surface area contributed by atoms with E-state index in [0.29, 0.717) is 0 Å². The van der Waals surface area contributed by atoms with Crippen molar-refractivity contribution >= 4 is 34.4 Å². The maximum absolute atomic E-state index is 2.37. The Bertz CT molecular complexity index is 412. The largest absolute Gasteiger partial charge is 0.0890 e. The summed E-state index contributed by atoms with van der Waals surface area (Å²) in [6, 6.07) is 18.9. The Morgan fingerprint density at radius 2 is 1.43 bits per heavy atom. The van der Waals surface area contributed by atoms with Gasteiger partial charge in [0.25, 0.3) is 0 Å². The second kappa shape index (κ2) is 4.84. The quantitative estimate of drug-likeness (QED) is 0.739. The number of hydrogen-bond donors (Lipinski definition) is 0. The Labute approximate surface area is 102 Å². The average Bonchev–Trinajstić information content (AvgIpc) is 2.23. The Kier molecular flexibility index (Phi) is 3.48. The molecule has 0 radical (unpaired) electrons. The minimum Gasteiger partial charge on any atom is -0.0890 e. The lowest BCUT2D eigenvalue weighted by atomic mass is 10.4. The van der Waals surface area contributed by atoms with E-state index in [1.165, 1.54) is 13.4 Å². The first-order valence-corrected chi connectivity index (χ1v) is 6.23. The van der Waals surface area contributed by atoms with E-state index in [0.717, 1.165) is 0 Å². The molecule has 0 saturated heterocycles. The van der Waals surface area contributed by atoms with Crippen molar-refractivity contribution in [3.05, 3.63) is 58.2 Å². The smallest absolute Gasteiger partial charge is 0.0269 e. The van der Waals surface area contributed by atoms with Crippen LogP contribution in [0.1, 0.15) is 0 Å². The van der Waals surface area contributed by atoms with Crippen molar-refractivity contribution in [2.24, 2.45) is 0 Å². The van der Waals surface area contributed by atoms with E-state index in [1.807, 2.05) is 6.07 Å². The summed E-state index contributed by atoms with van der Waals surface area (Å²) in [5.41, 5.74) is 0. The van der Waals surface area contributed by atoms with E-state index >= 15 is 0 Å². The Hall–Kier alpha value is -0.480. The second-order valence-corrected chi connectivity index (χ2v) is 5.12. The zero-order valence-corrected chi connectivity index (χ0v) is 10.5. The summed E-state index contributed by atoms with van der Waals surface area (Å²) >= 11 is 4.17. The van der Waals surface area contributed by atoms with Crippen LogP contribution in [0.4, 0.5) is 0 Å². The Morgan fingerprint density at radius 3 is 2.14 bits per heavy atom. The van der Waals surface area contributed by atoms with Crippen molar-refractivity contribution in [2.45, 2.75) is 9.79 Å². The molecule has 0 spiro atoms. The van der Waals surface area contributed by atoms with E-state index in [-0.39, 0.29) is 0 Å². The maximum Gasteiger partial charge on any atom is 0.0269 e. The van der Waals surface area contributed by atoms with Gasteiger partial charge in [-0.25, -0.2) is 0 Å². The molecule has 0 fully saturated rings. The van der Waals surface area contributed by atoms with Crippen LogP contribution >= 0.6 is 34.4 Å². The summed E-state index contributed by atoms with van der Waals surface area (Å²) < 4.78 is 1.30. The Balaban J connectivity index is 2.24. The van der Waals surface area contributed by atoms with Crippen molar-refractivity contribution in [1.29, 1.82) is 0 Å².